The molecule has 2 N–H and O–H groups in total. The normalized spacial score (nSPS) is 12.6. The average molecular weight is 259 g/mol. The molecule has 1 atom stereocenters. The Morgan fingerprint density at radius 3 is 2.63 bits per heavy atom. The predicted molar refractivity (Wildman–Crippen MR) is 74.7 cm³/mol. The van der Waals surface area contributed by atoms with E-state index in [0.29, 0.717) is 11.7 Å². The third kappa shape index (κ3) is 3.89. The van der Waals surface area contributed by atoms with E-state index in [9.17, 15) is 0 Å². The van der Waals surface area contributed by atoms with Gasteiger partial charge in [0.25, 0.3) is 0 Å². The van der Waals surface area contributed by atoms with E-state index >= 15 is 0 Å². The van der Waals surface area contributed by atoms with Gasteiger partial charge in [0.05, 0.1) is 6.04 Å². The highest BCUT2D eigenvalue weighted by Gasteiger charge is 2.13. The highest BCUT2D eigenvalue weighted by atomic mass is 16.5. The molecule has 1 unspecified atom stereocenters. The fraction of sp³-hybridized carbons (Fsp3) is 0.467. The number of aryl methyl sites for hydroxylation is 3. The van der Waals surface area contributed by atoms with Gasteiger partial charge in [-0.3, -0.25) is 0 Å². The van der Waals surface area contributed by atoms with Gasteiger partial charge in [-0.05, 0) is 25.3 Å². The molecule has 0 fully saturated rings. The van der Waals surface area contributed by atoms with Crippen molar-refractivity contribution in [3.05, 3.63) is 47.1 Å². The number of benzene rings is 1. The van der Waals surface area contributed by atoms with Gasteiger partial charge < -0.3 is 10.3 Å². The fourth-order valence-corrected chi connectivity index (χ4v) is 1.97. The van der Waals surface area contributed by atoms with E-state index in [4.69, 9.17) is 10.3 Å². The van der Waals surface area contributed by atoms with Crippen LogP contribution in [0.25, 0.3) is 0 Å². The number of nitrogens with zero attached hydrogens (tertiary/aromatic N) is 2. The molecule has 2 aromatic rings. The Bertz CT molecular complexity index is 504. The maximum absolute atomic E-state index is 5.96. The van der Waals surface area contributed by atoms with E-state index in [-0.39, 0.29) is 6.04 Å². The van der Waals surface area contributed by atoms with Crippen LogP contribution in [0, 0.1) is 6.92 Å². The van der Waals surface area contributed by atoms with Crippen molar-refractivity contribution in [2.45, 2.75) is 45.6 Å². The van der Waals surface area contributed by atoms with Gasteiger partial charge in [-0.15, -0.1) is 0 Å². The second kappa shape index (κ2) is 6.48. The highest BCUT2D eigenvalue weighted by Crippen LogP contribution is 2.13. The first-order chi connectivity index (χ1) is 9.19. The number of hydrogen-bond acceptors (Lipinski definition) is 4. The Morgan fingerprint density at radius 1 is 1.21 bits per heavy atom. The van der Waals surface area contributed by atoms with E-state index in [2.05, 4.69) is 48.3 Å². The Kier molecular flexibility index (Phi) is 4.68. The minimum atomic E-state index is -0.109. The molecule has 4 nitrogen and oxygen atoms in total. The molecule has 2 rings (SSSR count). The van der Waals surface area contributed by atoms with Crippen molar-refractivity contribution in [1.82, 2.24) is 10.1 Å². The van der Waals surface area contributed by atoms with Crippen LogP contribution in [0.2, 0.25) is 0 Å². The Balaban J connectivity index is 1.91. The molecule has 102 valence electrons. The second-order valence-corrected chi connectivity index (χ2v) is 4.93. The summed E-state index contributed by atoms with van der Waals surface area (Å²) in [6, 6.07) is 8.39. The molecule has 1 aromatic heterocycles. The van der Waals surface area contributed by atoms with Crippen LogP contribution in [0.3, 0.4) is 0 Å². The zero-order valence-corrected chi connectivity index (χ0v) is 11.6. The number of rotatable bonds is 6. The standard InChI is InChI=1S/C15H21N3O/c1-3-4-13(16)15-17-14(19-18-15)10-9-12-7-5-11(2)6-8-12/h5-8,13H,3-4,9-10,16H2,1-2H3. The van der Waals surface area contributed by atoms with Crippen molar-refractivity contribution >= 4 is 0 Å². The van der Waals surface area contributed by atoms with Crippen molar-refractivity contribution in [3.8, 4) is 0 Å². The summed E-state index contributed by atoms with van der Waals surface area (Å²) in [5, 5.41) is 3.95. The Labute approximate surface area is 114 Å². The van der Waals surface area contributed by atoms with Gasteiger partial charge in [0, 0.05) is 6.42 Å². The quantitative estimate of drug-likeness (QED) is 0.866. The molecular weight excluding hydrogens is 238 g/mol. The Morgan fingerprint density at radius 2 is 1.95 bits per heavy atom. The van der Waals surface area contributed by atoms with Crippen LogP contribution in [0.5, 0.6) is 0 Å². The summed E-state index contributed by atoms with van der Waals surface area (Å²) in [5.74, 6) is 1.29. The zero-order chi connectivity index (χ0) is 13.7. The topological polar surface area (TPSA) is 64.9 Å². The SMILES string of the molecule is CCCC(N)c1noc(CCc2ccc(C)cc2)n1. The summed E-state index contributed by atoms with van der Waals surface area (Å²) in [4.78, 5) is 4.36. The summed E-state index contributed by atoms with van der Waals surface area (Å²) in [5.41, 5.74) is 8.51. The number of nitrogens with two attached hydrogens (primary N) is 1. The molecule has 0 saturated carbocycles. The van der Waals surface area contributed by atoms with Gasteiger partial charge in [0.1, 0.15) is 0 Å². The number of hydrogen-bond donors (Lipinski definition) is 1. The third-order valence-corrected chi connectivity index (χ3v) is 3.16. The van der Waals surface area contributed by atoms with Crippen LogP contribution in [-0.2, 0) is 12.8 Å². The van der Waals surface area contributed by atoms with Gasteiger partial charge >= 0.3 is 0 Å². The molecule has 0 aliphatic heterocycles. The van der Waals surface area contributed by atoms with E-state index < -0.39 is 0 Å². The lowest BCUT2D eigenvalue weighted by atomic mass is 10.1. The summed E-state index contributed by atoms with van der Waals surface area (Å²) >= 11 is 0. The van der Waals surface area contributed by atoms with E-state index in [1.807, 2.05) is 0 Å². The molecule has 0 saturated heterocycles. The molecule has 19 heavy (non-hydrogen) atoms. The lowest BCUT2D eigenvalue weighted by molar-refractivity contribution is 0.368. The lowest BCUT2D eigenvalue weighted by Crippen LogP contribution is -2.11. The highest BCUT2D eigenvalue weighted by molar-refractivity contribution is 5.21. The molecule has 1 aromatic carbocycles. The molecule has 0 aliphatic rings. The molecule has 0 spiro atoms. The van der Waals surface area contributed by atoms with Crippen molar-refractivity contribution in [3.63, 3.8) is 0 Å². The Hall–Kier alpha value is -1.68. The number of aromatic nitrogens is 2. The maximum Gasteiger partial charge on any atom is 0.227 e. The van der Waals surface area contributed by atoms with Crippen LogP contribution < -0.4 is 5.73 Å². The molecule has 0 amide bonds. The van der Waals surface area contributed by atoms with Crippen molar-refractivity contribution in [2.75, 3.05) is 0 Å². The molecule has 4 heteroatoms. The average Bonchev–Trinajstić information content (AvgIpc) is 2.87. The summed E-state index contributed by atoms with van der Waals surface area (Å²) in [7, 11) is 0. The molecule has 1 heterocycles. The van der Waals surface area contributed by atoms with Crippen LogP contribution in [0.4, 0.5) is 0 Å². The zero-order valence-electron chi connectivity index (χ0n) is 11.6. The molecule has 0 aliphatic carbocycles. The van der Waals surface area contributed by atoms with Crippen LogP contribution >= 0.6 is 0 Å². The van der Waals surface area contributed by atoms with E-state index in [0.717, 1.165) is 25.7 Å². The second-order valence-electron chi connectivity index (χ2n) is 4.93. The first-order valence-corrected chi connectivity index (χ1v) is 6.82. The van der Waals surface area contributed by atoms with E-state index in [1.165, 1.54) is 11.1 Å². The summed E-state index contributed by atoms with van der Waals surface area (Å²) in [6.45, 7) is 4.18. The maximum atomic E-state index is 5.96. The molecular formula is C15H21N3O. The largest absolute Gasteiger partial charge is 0.339 e. The lowest BCUT2D eigenvalue weighted by Gasteiger charge is -2.02. The van der Waals surface area contributed by atoms with Gasteiger partial charge in [-0.25, -0.2) is 0 Å². The predicted octanol–water partition coefficient (Wildman–Crippen LogP) is 2.96. The summed E-state index contributed by atoms with van der Waals surface area (Å²) in [6.07, 6.45) is 3.57. The van der Waals surface area contributed by atoms with Gasteiger partial charge in [-0.2, -0.15) is 4.98 Å². The van der Waals surface area contributed by atoms with Crippen LogP contribution in [0.15, 0.2) is 28.8 Å². The third-order valence-electron chi connectivity index (χ3n) is 3.16. The fourth-order valence-electron chi connectivity index (χ4n) is 1.97. The van der Waals surface area contributed by atoms with Crippen molar-refractivity contribution in [2.24, 2.45) is 5.73 Å². The van der Waals surface area contributed by atoms with Gasteiger partial charge in [0.2, 0.25) is 5.89 Å². The van der Waals surface area contributed by atoms with Gasteiger partial charge in [0.15, 0.2) is 5.82 Å². The minimum absolute atomic E-state index is 0.109. The van der Waals surface area contributed by atoms with Crippen LogP contribution in [0.1, 0.15) is 48.6 Å². The van der Waals surface area contributed by atoms with Crippen LogP contribution in [-0.4, -0.2) is 10.1 Å². The van der Waals surface area contributed by atoms with Crippen molar-refractivity contribution < 1.29 is 4.52 Å². The van der Waals surface area contributed by atoms with Gasteiger partial charge in [-0.1, -0.05) is 48.3 Å². The monoisotopic (exact) mass is 259 g/mol. The summed E-state index contributed by atoms with van der Waals surface area (Å²) < 4.78 is 5.24. The van der Waals surface area contributed by atoms with Crippen molar-refractivity contribution in [1.29, 1.82) is 0 Å². The first-order valence-electron chi connectivity index (χ1n) is 6.82. The minimum Gasteiger partial charge on any atom is -0.339 e. The smallest absolute Gasteiger partial charge is 0.227 e. The first kappa shape index (κ1) is 13.7. The molecule has 0 bridgehead atoms. The molecule has 0 radical (unpaired) electrons. The van der Waals surface area contributed by atoms with E-state index in [1.54, 1.807) is 0 Å².